The van der Waals surface area contributed by atoms with E-state index in [1.54, 1.807) is 6.08 Å². The SMILES string of the molecule is C=C(C)[C@@H]1C=CC(=O)CC1. The second-order valence-electron chi connectivity index (χ2n) is 2.82. The first-order valence-corrected chi connectivity index (χ1v) is 3.56. The third-order valence-electron chi connectivity index (χ3n) is 1.85. The van der Waals surface area contributed by atoms with Crippen LogP contribution in [-0.4, -0.2) is 5.78 Å². The molecule has 54 valence electrons. The third kappa shape index (κ3) is 1.56. The fourth-order valence-electron chi connectivity index (χ4n) is 1.11. The van der Waals surface area contributed by atoms with Gasteiger partial charge in [-0.2, -0.15) is 0 Å². The number of hydrogen-bond donors (Lipinski definition) is 0. The molecule has 0 spiro atoms. The van der Waals surface area contributed by atoms with Gasteiger partial charge in [-0.15, -0.1) is 0 Å². The number of rotatable bonds is 1. The maximum Gasteiger partial charge on any atom is 0.155 e. The van der Waals surface area contributed by atoms with Crippen LogP contribution < -0.4 is 0 Å². The van der Waals surface area contributed by atoms with Gasteiger partial charge in [-0.05, 0) is 25.3 Å². The molecule has 0 radical (unpaired) electrons. The number of carbonyl (C=O) groups is 1. The Kier molecular flexibility index (Phi) is 2.05. The van der Waals surface area contributed by atoms with Crippen molar-refractivity contribution in [3.8, 4) is 0 Å². The summed E-state index contributed by atoms with van der Waals surface area (Å²) >= 11 is 0. The largest absolute Gasteiger partial charge is 0.295 e. The van der Waals surface area contributed by atoms with Crippen molar-refractivity contribution in [1.82, 2.24) is 0 Å². The molecule has 1 aliphatic rings. The first-order valence-electron chi connectivity index (χ1n) is 3.56. The molecule has 1 atom stereocenters. The lowest BCUT2D eigenvalue weighted by Crippen LogP contribution is -2.07. The van der Waals surface area contributed by atoms with E-state index in [4.69, 9.17) is 0 Å². The normalized spacial score (nSPS) is 24.9. The van der Waals surface area contributed by atoms with E-state index in [1.165, 1.54) is 0 Å². The number of ketones is 1. The first-order chi connectivity index (χ1) is 4.70. The van der Waals surface area contributed by atoms with E-state index in [0.717, 1.165) is 12.0 Å². The number of hydrogen-bond acceptors (Lipinski definition) is 1. The second kappa shape index (κ2) is 2.82. The van der Waals surface area contributed by atoms with Gasteiger partial charge in [0.1, 0.15) is 0 Å². The summed E-state index contributed by atoms with van der Waals surface area (Å²) < 4.78 is 0. The van der Waals surface area contributed by atoms with Gasteiger partial charge < -0.3 is 0 Å². The van der Waals surface area contributed by atoms with Gasteiger partial charge in [-0.1, -0.05) is 18.2 Å². The van der Waals surface area contributed by atoms with Gasteiger partial charge >= 0.3 is 0 Å². The zero-order valence-corrected chi connectivity index (χ0v) is 6.26. The summed E-state index contributed by atoms with van der Waals surface area (Å²) in [6.07, 6.45) is 5.26. The molecule has 1 aliphatic carbocycles. The Labute approximate surface area is 61.4 Å². The summed E-state index contributed by atoms with van der Waals surface area (Å²) in [5, 5.41) is 0. The first kappa shape index (κ1) is 7.26. The molecule has 1 rings (SSSR count). The highest BCUT2D eigenvalue weighted by molar-refractivity contribution is 5.90. The zero-order valence-electron chi connectivity index (χ0n) is 6.26. The Hall–Kier alpha value is -0.850. The van der Waals surface area contributed by atoms with Gasteiger partial charge in [0.05, 0.1) is 0 Å². The molecule has 1 nitrogen and oxygen atoms in total. The third-order valence-corrected chi connectivity index (χ3v) is 1.85. The average Bonchev–Trinajstić information content (AvgIpc) is 1.88. The van der Waals surface area contributed by atoms with Crippen molar-refractivity contribution in [2.24, 2.45) is 5.92 Å². The van der Waals surface area contributed by atoms with Crippen molar-refractivity contribution < 1.29 is 4.79 Å². The zero-order chi connectivity index (χ0) is 7.56. The highest BCUT2D eigenvalue weighted by Crippen LogP contribution is 2.20. The molecule has 0 saturated carbocycles. The van der Waals surface area contributed by atoms with Crippen molar-refractivity contribution in [2.75, 3.05) is 0 Å². The lowest BCUT2D eigenvalue weighted by molar-refractivity contribution is -0.115. The molecule has 0 fully saturated rings. The number of carbonyl (C=O) groups excluding carboxylic acids is 1. The van der Waals surface area contributed by atoms with E-state index >= 15 is 0 Å². The Morgan fingerprint density at radius 3 is 2.90 bits per heavy atom. The Balaban J connectivity index is 2.61. The minimum absolute atomic E-state index is 0.248. The lowest BCUT2D eigenvalue weighted by atomic mass is 9.90. The average molecular weight is 136 g/mol. The van der Waals surface area contributed by atoms with Crippen molar-refractivity contribution in [1.29, 1.82) is 0 Å². The smallest absolute Gasteiger partial charge is 0.155 e. The van der Waals surface area contributed by atoms with Crippen LogP contribution in [-0.2, 0) is 4.79 Å². The molecular formula is C9H12O. The van der Waals surface area contributed by atoms with E-state index in [1.807, 2.05) is 13.0 Å². The summed E-state index contributed by atoms with van der Waals surface area (Å²) in [5.41, 5.74) is 1.16. The molecule has 0 amide bonds. The van der Waals surface area contributed by atoms with Crippen LogP contribution >= 0.6 is 0 Å². The molecule has 0 aliphatic heterocycles. The van der Waals surface area contributed by atoms with E-state index in [-0.39, 0.29) is 5.78 Å². The van der Waals surface area contributed by atoms with Crippen LogP contribution in [0.15, 0.2) is 24.3 Å². The summed E-state index contributed by atoms with van der Waals surface area (Å²) in [6, 6.07) is 0. The van der Waals surface area contributed by atoms with Crippen LogP contribution in [0.2, 0.25) is 0 Å². The summed E-state index contributed by atoms with van der Waals surface area (Å²) in [5.74, 6) is 0.690. The van der Waals surface area contributed by atoms with Crippen LogP contribution in [0.5, 0.6) is 0 Å². The Morgan fingerprint density at radius 1 is 1.80 bits per heavy atom. The van der Waals surface area contributed by atoms with E-state index in [2.05, 4.69) is 6.58 Å². The van der Waals surface area contributed by atoms with Crippen LogP contribution in [0.4, 0.5) is 0 Å². The van der Waals surface area contributed by atoms with Crippen LogP contribution in [0, 0.1) is 5.92 Å². The minimum Gasteiger partial charge on any atom is -0.295 e. The Morgan fingerprint density at radius 2 is 2.50 bits per heavy atom. The van der Waals surface area contributed by atoms with Gasteiger partial charge in [-0.25, -0.2) is 0 Å². The maximum atomic E-state index is 10.7. The molecule has 0 aromatic heterocycles. The molecule has 0 unspecified atom stereocenters. The van der Waals surface area contributed by atoms with Gasteiger partial charge in [0.25, 0.3) is 0 Å². The van der Waals surface area contributed by atoms with E-state index in [9.17, 15) is 4.79 Å². The summed E-state index contributed by atoms with van der Waals surface area (Å²) in [4.78, 5) is 10.7. The van der Waals surface area contributed by atoms with Crippen molar-refractivity contribution in [3.63, 3.8) is 0 Å². The van der Waals surface area contributed by atoms with Gasteiger partial charge in [0, 0.05) is 6.42 Å². The van der Waals surface area contributed by atoms with Crippen molar-refractivity contribution >= 4 is 5.78 Å². The summed E-state index contributed by atoms with van der Waals surface area (Å²) in [6.45, 7) is 5.85. The predicted molar refractivity (Wildman–Crippen MR) is 41.7 cm³/mol. The monoisotopic (exact) mass is 136 g/mol. The van der Waals surface area contributed by atoms with Crippen molar-refractivity contribution in [2.45, 2.75) is 19.8 Å². The van der Waals surface area contributed by atoms with Gasteiger partial charge in [0.2, 0.25) is 0 Å². The van der Waals surface area contributed by atoms with E-state index in [0.29, 0.717) is 12.3 Å². The Bertz CT molecular complexity index is 189. The fraction of sp³-hybridized carbons (Fsp3) is 0.444. The van der Waals surface area contributed by atoms with Crippen LogP contribution in [0.1, 0.15) is 19.8 Å². The molecule has 0 heterocycles. The molecule has 1 heteroatoms. The molecule has 10 heavy (non-hydrogen) atoms. The number of allylic oxidation sites excluding steroid dienone is 3. The van der Waals surface area contributed by atoms with Gasteiger partial charge in [0.15, 0.2) is 5.78 Å². The molecular weight excluding hydrogens is 124 g/mol. The standard InChI is InChI=1S/C9H12O/c1-7(2)8-3-5-9(10)6-4-8/h3,5,8H,1,4,6H2,2H3/t8-/m1/s1. The maximum absolute atomic E-state index is 10.7. The molecule has 0 aromatic carbocycles. The lowest BCUT2D eigenvalue weighted by Gasteiger charge is -2.14. The molecule has 0 aromatic rings. The molecule has 0 N–H and O–H groups in total. The topological polar surface area (TPSA) is 17.1 Å². The second-order valence-corrected chi connectivity index (χ2v) is 2.82. The quantitative estimate of drug-likeness (QED) is 0.504. The minimum atomic E-state index is 0.248. The summed E-state index contributed by atoms with van der Waals surface area (Å²) in [7, 11) is 0. The van der Waals surface area contributed by atoms with Crippen LogP contribution in [0.3, 0.4) is 0 Å². The van der Waals surface area contributed by atoms with Crippen LogP contribution in [0.25, 0.3) is 0 Å². The van der Waals surface area contributed by atoms with E-state index < -0.39 is 0 Å². The highest BCUT2D eigenvalue weighted by Gasteiger charge is 2.12. The van der Waals surface area contributed by atoms with Crippen molar-refractivity contribution in [3.05, 3.63) is 24.3 Å². The predicted octanol–water partition coefficient (Wildman–Crippen LogP) is 2.10. The van der Waals surface area contributed by atoms with Gasteiger partial charge in [-0.3, -0.25) is 4.79 Å². The molecule has 0 bridgehead atoms. The molecule has 0 saturated heterocycles. The fourth-order valence-corrected chi connectivity index (χ4v) is 1.11. The highest BCUT2D eigenvalue weighted by atomic mass is 16.1.